The Labute approximate surface area is 132 Å². The molecule has 0 spiro atoms. The lowest BCUT2D eigenvalue weighted by molar-refractivity contribution is -0.385. The van der Waals surface area contributed by atoms with Crippen LogP contribution in [0.5, 0.6) is 0 Å². The Bertz CT molecular complexity index is 684. The van der Waals surface area contributed by atoms with Gasteiger partial charge in [-0.05, 0) is 13.3 Å². The van der Waals surface area contributed by atoms with Crippen LogP contribution in [0, 0.1) is 17.0 Å². The third-order valence-corrected chi connectivity index (χ3v) is 4.29. The van der Waals surface area contributed by atoms with Crippen molar-refractivity contribution in [1.82, 2.24) is 10.3 Å². The molecule has 0 aliphatic rings. The van der Waals surface area contributed by atoms with Gasteiger partial charge in [0.15, 0.2) is 0 Å². The highest BCUT2D eigenvalue weighted by Crippen LogP contribution is 2.22. The van der Waals surface area contributed by atoms with Gasteiger partial charge in [-0.1, -0.05) is 25.1 Å². The molecule has 0 aliphatic heterocycles. The number of para-hydroxylation sites is 1. The zero-order valence-electron chi connectivity index (χ0n) is 12.4. The van der Waals surface area contributed by atoms with Crippen molar-refractivity contribution in [2.24, 2.45) is 0 Å². The van der Waals surface area contributed by atoms with Crippen LogP contribution in [0.4, 0.5) is 5.69 Å². The van der Waals surface area contributed by atoms with Crippen molar-refractivity contribution in [2.75, 3.05) is 0 Å². The average Bonchev–Trinajstić information content (AvgIpc) is 2.91. The number of rotatable bonds is 6. The summed E-state index contributed by atoms with van der Waals surface area (Å²) in [7, 11) is 0. The van der Waals surface area contributed by atoms with E-state index in [1.165, 1.54) is 17.4 Å². The van der Waals surface area contributed by atoms with E-state index >= 15 is 0 Å². The Morgan fingerprint density at radius 2 is 2.18 bits per heavy atom. The molecule has 0 saturated carbocycles. The molecule has 1 aromatic carbocycles. The molecule has 1 aromatic heterocycles. The second kappa shape index (κ2) is 7.13. The van der Waals surface area contributed by atoms with Crippen molar-refractivity contribution in [3.63, 3.8) is 0 Å². The summed E-state index contributed by atoms with van der Waals surface area (Å²) in [6, 6.07) is 6.13. The first-order chi connectivity index (χ1) is 10.5. The van der Waals surface area contributed by atoms with Gasteiger partial charge in [0.2, 0.25) is 5.91 Å². The Morgan fingerprint density at radius 3 is 2.77 bits per heavy atom. The van der Waals surface area contributed by atoms with Gasteiger partial charge in [-0.2, -0.15) is 0 Å². The van der Waals surface area contributed by atoms with E-state index in [9.17, 15) is 14.9 Å². The molecule has 2 aromatic rings. The maximum absolute atomic E-state index is 12.2. The highest BCUT2D eigenvalue weighted by atomic mass is 32.1. The number of carbonyl (C=O) groups is 1. The van der Waals surface area contributed by atoms with E-state index in [1.807, 2.05) is 19.2 Å². The normalized spacial score (nSPS) is 11.9. The summed E-state index contributed by atoms with van der Waals surface area (Å²) in [6.07, 6.45) is 0.702. The Morgan fingerprint density at radius 1 is 1.45 bits per heavy atom. The second-order valence-corrected chi connectivity index (χ2v) is 5.81. The molecule has 7 heteroatoms. The monoisotopic (exact) mass is 319 g/mol. The number of nitrogens with zero attached hydrogens (tertiary/aromatic N) is 2. The van der Waals surface area contributed by atoms with Crippen LogP contribution in [-0.4, -0.2) is 15.8 Å². The largest absolute Gasteiger partial charge is 0.347 e. The van der Waals surface area contributed by atoms with Crippen molar-refractivity contribution < 1.29 is 9.72 Å². The highest BCUT2D eigenvalue weighted by molar-refractivity contribution is 7.09. The minimum atomic E-state index is -0.468. The number of thiazole rings is 1. The predicted octanol–water partition coefficient (Wildman–Crippen LogP) is 3.17. The first-order valence-electron chi connectivity index (χ1n) is 6.95. The second-order valence-electron chi connectivity index (χ2n) is 4.92. The molecule has 0 fully saturated rings. The quantitative estimate of drug-likeness (QED) is 0.654. The van der Waals surface area contributed by atoms with Gasteiger partial charge < -0.3 is 5.32 Å². The zero-order valence-corrected chi connectivity index (χ0v) is 13.2. The molecule has 22 heavy (non-hydrogen) atoms. The first-order valence-corrected chi connectivity index (χ1v) is 7.83. The number of amides is 1. The van der Waals surface area contributed by atoms with Crippen LogP contribution in [-0.2, 0) is 11.2 Å². The molecule has 1 heterocycles. The van der Waals surface area contributed by atoms with Gasteiger partial charge >= 0.3 is 0 Å². The number of aryl methyl sites for hydroxylation is 1. The smallest absolute Gasteiger partial charge is 0.273 e. The van der Waals surface area contributed by atoms with E-state index in [4.69, 9.17) is 0 Å². The first kappa shape index (κ1) is 16.1. The average molecular weight is 319 g/mol. The third kappa shape index (κ3) is 3.88. The van der Waals surface area contributed by atoms with Crippen molar-refractivity contribution >= 4 is 22.9 Å². The summed E-state index contributed by atoms with van der Waals surface area (Å²) >= 11 is 1.50. The molecule has 2 rings (SSSR count). The van der Waals surface area contributed by atoms with Crippen molar-refractivity contribution in [3.8, 4) is 0 Å². The number of nitrogens with one attached hydrogen (secondary N) is 1. The molecule has 0 aliphatic carbocycles. The van der Waals surface area contributed by atoms with Crippen LogP contribution < -0.4 is 5.32 Å². The summed E-state index contributed by atoms with van der Waals surface area (Å²) in [5.41, 5.74) is 1.30. The maximum Gasteiger partial charge on any atom is 0.273 e. The fraction of sp³-hybridized carbons (Fsp3) is 0.333. The molecule has 1 N–H and O–H groups in total. The maximum atomic E-state index is 12.2. The fourth-order valence-electron chi connectivity index (χ4n) is 2.13. The molecule has 1 amide bonds. The molecular weight excluding hydrogens is 302 g/mol. The van der Waals surface area contributed by atoms with E-state index in [2.05, 4.69) is 10.3 Å². The number of nitro groups is 1. The van der Waals surface area contributed by atoms with Gasteiger partial charge in [0, 0.05) is 22.7 Å². The molecule has 0 bridgehead atoms. The molecule has 6 nitrogen and oxygen atoms in total. The third-order valence-electron chi connectivity index (χ3n) is 3.22. The zero-order chi connectivity index (χ0) is 16.1. The molecule has 116 valence electrons. The summed E-state index contributed by atoms with van der Waals surface area (Å²) in [6.45, 7) is 3.87. The lowest BCUT2D eigenvalue weighted by atomic mass is 10.1. The number of benzene rings is 1. The van der Waals surface area contributed by atoms with E-state index < -0.39 is 4.92 Å². The van der Waals surface area contributed by atoms with E-state index in [1.54, 1.807) is 18.2 Å². The van der Waals surface area contributed by atoms with Gasteiger partial charge in [-0.25, -0.2) is 4.98 Å². The summed E-state index contributed by atoms with van der Waals surface area (Å²) in [5.74, 6) is -0.242. The molecular formula is C15H17N3O3S. The number of hydrogen-bond acceptors (Lipinski definition) is 5. The fourth-order valence-corrected chi connectivity index (χ4v) is 3.06. The SMILES string of the molecule is CC[C@H](NC(=O)Cc1ccccc1[N+](=O)[O-])c1nc(C)cs1. The lowest BCUT2D eigenvalue weighted by Gasteiger charge is -2.14. The Balaban J connectivity index is 2.08. The topological polar surface area (TPSA) is 85.1 Å². The summed E-state index contributed by atoms with van der Waals surface area (Å²) < 4.78 is 0. The van der Waals surface area contributed by atoms with Gasteiger partial charge in [-0.15, -0.1) is 11.3 Å². The molecule has 0 unspecified atom stereocenters. The molecule has 0 radical (unpaired) electrons. The van der Waals surface area contributed by atoms with Crippen LogP contribution in [0.1, 0.15) is 35.7 Å². The van der Waals surface area contributed by atoms with Crippen molar-refractivity contribution in [1.29, 1.82) is 0 Å². The van der Waals surface area contributed by atoms with Crippen LogP contribution in [0.15, 0.2) is 29.6 Å². The standard InChI is InChI=1S/C15H17N3O3S/c1-3-12(15-16-10(2)9-22-15)17-14(19)8-11-6-4-5-7-13(11)18(20)21/h4-7,9,12H,3,8H2,1-2H3,(H,17,19)/t12-/m0/s1. The number of carbonyl (C=O) groups excluding carboxylic acids is 1. The van der Waals surface area contributed by atoms with Crippen LogP contribution in [0.2, 0.25) is 0 Å². The Kier molecular flexibility index (Phi) is 5.21. The number of nitro benzene ring substituents is 1. The van der Waals surface area contributed by atoms with Crippen LogP contribution in [0.25, 0.3) is 0 Å². The van der Waals surface area contributed by atoms with Crippen molar-refractivity contribution in [2.45, 2.75) is 32.7 Å². The minimum absolute atomic E-state index is 0.0159. The van der Waals surface area contributed by atoms with Gasteiger partial charge in [-0.3, -0.25) is 14.9 Å². The summed E-state index contributed by atoms with van der Waals surface area (Å²) in [4.78, 5) is 27.1. The van der Waals surface area contributed by atoms with Gasteiger partial charge in [0.05, 0.1) is 17.4 Å². The van der Waals surface area contributed by atoms with Crippen LogP contribution >= 0.6 is 11.3 Å². The summed E-state index contributed by atoms with van der Waals surface area (Å²) in [5, 5.41) is 16.7. The highest BCUT2D eigenvalue weighted by Gasteiger charge is 2.19. The van der Waals surface area contributed by atoms with Crippen molar-refractivity contribution in [3.05, 3.63) is 56.0 Å². The number of hydrogen-bond donors (Lipinski definition) is 1. The van der Waals surface area contributed by atoms with Gasteiger partial charge in [0.25, 0.3) is 5.69 Å². The van der Waals surface area contributed by atoms with Crippen LogP contribution in [0.3, 0.4) is 0 Å². The Hall–Kier alpha value is -2.28. The van der Waals surface area contributed by atoms with E-state index in [0.29, 0.717) is 5.56 Å². The van der Waals surface area contributed by atoms with E-state index in [-0.39, 0.29) is 24.1 Å². The minimum Gasteiger partial charge on any atom is -0.347 e. The number of aromatic nitrogens is 1. The predicted molar refractivity (Wildman–Crippen MR) is 84.8 cm³/mol. The van der Waals surface area contributed by atoms with E-state index in [0.717, 1.165) is 17.1 Å². The molecule has 0 saturated heterocycles. The molecule has 1 atom stereocenters. The lowest BCUT2D eigenvalue weighted by Crippen LogP contribution is -2.29. The van der Waals surface area contributed by atoms with Gasteiger partial charge in [0.1, 0.15) is 5.01 Å².